The Labute approximate surface area is 186 Å². The predicted octanol–water partition coefficient (Wildman–Crippen LogP) is 5.75. The van der Waals surface area contributed by atoms with E-state index in [4.69, 9.17) is 9.15 Å². The maximum absolute atomic E-state index is 12.7. The number of hydrogen-bond acceptors (Lipinski definition) is 5. The molecule has 1 aliphatic carbocycles. The van der Waals surface area contributed by atoms with Crippen molar-refractivity contribution in [2.24, 2.45) is 0 Å². The van der Waals surface area contributed by atoms with Gasteiger partial charge in [-0.3, -0.25) is 9.78 Å². The topological polar surface area (TPSA) is 77.2 Å². The largest absolute Gasteiger partial charge is 0.485 e. The molecule has 3 aromatic rings. The number of nitrogens with one attached hydrogen (secondary N) is 1. The van der Waals surface area contributed by atoms with Gasteiger partial charge in [0.25, 0.3) is 5.91 Å². The first-order chi connectivity index (χ1) is 15.6. The van der Waals surface area contributed by atoms with Crippen LogP contribution >= 0.6 is 0 Å². The number of anilines is 1. The Kier molecular flexibility index (Phi) is 6.41. The Morgan fingerprint density at radius 3 is 2.81 bits per heavy atom. The monoisotopic (exact) mass is 425 g/mol. The van der Waals surface area contributed by atoms with Gasteiger partial charge in [0.2, 0.25) is 5.89 Å². The standard InChI is InChI=1S/C26H23N3O3/c1-18-7-4-3-5-9-22(10-6-8-18)31-19(2)25(30)28-21-11-12-24-23(17-21)29-26(32-24)20-13-15-27-16-14-20/h3-8,10-17,19H,1,9H2,2H3,(H,28,30)/b5-3-,7-4-,8-6?,22-10+/t19-/m1/s1. The van der Waals surface area contributed by atoms with Gasteiger partial charge in [0.1, 0.15) is 11.3 Å². The number of rotatable bonds is 5. The number of allylic oxidation sites excluding steroid dienone is 8. The lowest BCUT2D eigenvalue weighted by molar-refractivity contribution is -0.124. The molecule has 0 radical (unpaired) electrons. The highest BCUT2D eigenvalue weighted by Crippen LogP contribution is 2.26. The zero-order valence-electron chi connectivity index (χ0n) is 17.7. The van der Waals surface area contributed by atoms with E-state index in [0.717, 1.165) is 11.1 Å². The molecule has 0 saturated carbocycles. The minimum Gasteiger partial charge on any atom is -0.485 e. The minimum atomic E-state index is -0.676. The fourth-order valence-corrected chi connectivity index (χ4v) is 3.08. The molecule has 6 heteroatoms. The molecule has 0 aliphatic heterocycles. The number of hydrogen-bond donors (Lipinski definition) is 1. The second-order valence-corrected chi connectivity index (χ2v) is 7.25. The highest BCUT2D eigenvalue weighted by Gasteiger charge is 2.17. The molecular weight excluding hydrogens is 402 g/mol. The molecule has 0 saturated heterocycles. The zero-order chi connectivity index (χ0) is 22.3. The van der Waals surface area contributed by atoms with E-state index in [0.29, 0.717) is 34.9 Å². The van der Waals surface area contributed by atoms with Crippen LogP contribution in [0, 0.1) is 0 Å². The number of ether oxygens (including phenoxy) is 1. The first kappa shape index (κ1) is 21.1. The van der Waals surface area contributed by atoms with Gasteiger partial charge in [0, 0.05) is 30.1 Å². The molecule has 1 N–H and O–H groups in total. The highest BCUT2D eigenvalue weighted by atomic mass is 16.5. The summed E-state index contributed by atoms with van der Waals surface area (Å²) in [5.74, 6) is 0.943. The normalized spacial score (nSPS) is 18.4. The number of fused-ring (bicyclic) bond motifs is 1. The summed E-state index contributed by atoms with van der Waals surface area (Å²) in [5.41, 5.74) is 3.63. The van der Waals surface area contributed by atoms with Gasteiger partial charge in [-0.2, -0.15) is 0 Å². The first-order valence-electron chi connectivity index (χ1n) is 10.3. The zero-order valence-corrected chi connectivity index (χ0v) is 17.7. The van der Waals surface area contributed by atoms with Crippen LogP contribution in [-0.2, 0) is 9.53 Å². The van der Waals surface area contributed by atoms with Crippen LogP contribution in [0.1, 0.15) is 13.3 Å². The van der Waals surface area contributed by atoms with Crippen molar-refractivity contribution < 1.29 is 13.9 Å². The van der Waals surface area contributed by atoms with E-state index in [2.05, 4.69) is 21.9 Å². The number of pyridine rings is 1. The third-order valence-electron chi connectivity index (χ3n) is 4.75. The van der Waals surface area contributed by atoms with E-state index in [1.807, 2.05) is 54.7 Å². The molecule has 0 unspecified atom stereocenters. The van der Waals surface area contributed by atoms with E-state index in [-0.39, 0.29) is 5.91 Å². The number of carbonyl (C=O) groups excluding carboxylic acids is 1. The second kappa shape index (κ2) is 9.75. The molecule has 0 spiro atoms. The van der Waals surface area contributed by atoms with Crippen LogP contribution in [0.15, 0.2) is 108 Å². The lowest BCUT2D eigenvalue weighted by atomic mass is 10.2. The molecule has 1 amide bonds. The summed E-state index contributed by atoms with van der Waals surface area (Å²) < 4.78 is 11.7. The molecule has 32 heavy (non-hydrogen) atoms. The van der Waals surface area contributed by atoms with Crippen molar-refractivity contribution in [2.75, 3.05) is 5.32 Å². The Morgan fingerprint density at radius 1 is 1.16 bits per heavy atom. The highest BCUT2D eigenvalue weighted by molar-refractivity contribution is 5.95. The molecule has 1 aliphatic rings. The van der Waals surface area contributed by atoms with Gasteiger partial charge in [-0.15, -0.1) is 0 Å². The Bertz CT molecular complexity index is 1250. The second-order valence-electron chi connectivity index (χ2n) is 7.25. The molecule has 1 atom stereocenters. The summed E-state index contributed by atoms with van der Waals surface area (Å²) >= 11 is 0. The van der Waals surface area contributed by atoms with Gasteiger partial charge in [-0.25, -0.2) is 4.98 Å². The van der Waals surface area contributed by atoms with Crippen LogP contribution in [0.4, 0.5) is 5.69 Å². The lowest BCUT2D eigenvalue weighted by Crippen LogP contribution is -2.27. The first-order valence-corrected chi connectivity index (χ1v) is 10.3. The smallest absolute Gasteiger partial charge is 0.265 e. The van der Waals surface area contributed by atoms with Crippen LogP contribution in [-0.4, -0.2) is 22.0 Å². The Hall–Kier alpha value is -4.19. The molecule has 0 fully saturated rings. The van der Waals surface area contributed by atoms with Crippen LogP contribution in [0.2, 0.25) is 0 Å². The minimum absolute atomic E-state index is 0.252. The van der Waals surface area contributed by atoms with Gasteiger partial charge in [-0.05, 0) is 48.9 Å². The predicted molar refractivity (Wildman–Crippen MR) is 126 cm³/mol. The molecule has 2 heterocycles. The summed E-state index contributed by atoms with van der Waals surface area (Å²) in [6.07, 6.45) is 16.6. The van der Waals surface area contributed by atoms with Crippen molar-refractivity contribution in [3.8, 4) is 11.5 Å². The van der Waals surface area contributed by atoms with E-state index >= 15 is 0 Å². The van der Waals surface area contributed by atoms with Crippen molar-refractivity contribution in [3.63, 3.8) is 0 Å². The lowest BCUT2D eigenvalue weighted by Gasteiger charge is -2.16. The summed E-state index contributed by atoms with van der Waals surface area (Å²) in [4.78, 5) is 21.2. The average molecular weight is 425 g/mol. The van der Waals surface area contributed by atoms with Gasteiger partial charge < -0.3 is 14.5 Å². The van der Waals surface area contributed by atoms with Gasteiger partial charge >= 0.3 is 0 Å². The van der Waals surface area contributed by atoms with Gasteiger partial charge in [0.05, 0.1) is 0 Å². The van der Waals surface area contributed by atoms with E-state index in [1.54, 1.807) is 37.5 Å². The number of oxazole rings is 1. The molecule has 6 nitrogen and oxygen atoms in total. The van der Waals surface area contributed by atoms with E-state index < -0.39 is 6.10 Å². The van der Waals surface area contributed by atoms with Crippen molar-refractivity contribution in [1.29, 1.82) is 0 Å². The average Bonchev–Trinajstić information content (AvgIpc) is 3.22. The van der Waals surface area contributed by atoms with Crippen LogP contribution < -0.4 is 5.32 Å². The molecule has 4 rings (SSSR count). The maximum atomic E-state index is 12.7. The van der Waals surface area contributed by atoms with Crippen LogP contribution in [0.5, 0.6) is 0 Å². The van der Waals surface area contributed by atoms with E-state index in [1.165, 1.54) is 0 Å². The maximum Gasteiger partial charge on any atom is 0.265 e. The number of benzene rings is 1. The van der Waals surface area contributed by atoms with Crippen molar-refractivity contribution in [2.45, 2.75) is 19.4 Å². The molecule has 2 aromatic heterocycles. The number of carbonyl (C=O) groups is 1. The van der Waals surface area contributed by atoms with Crippen LogP contribution in [0.3, 0.4) is 0 Å². The van der Waals surface area contributed by atoms with E-state index in [9.17, 15) is 4.79 Å². The third-order valence-corrected chi connectivity index (χ3v) is 4.75. The SMILES string of the molecule is C=C1C=C/C=C(/O[C@H](C)C(=O)Nc2ccc3oc(-c4ccncc4)nc3c2)C/C=C\C=C/1. The summed E-state index contributed by atoms with van der Waals surface area (Å²) in [5, 5.41) is 2.89. The quantitative estimate of drug-likeness (QED) is 0.563. The van der Waals surface area contributed by atoms with Gasteiger partial charge in [0.15, 0.2) is 11.7 Å². The summed E-state index contributed by atoms with van der Waals surface area (Å²) in [6, 6.07) is 9.00. The van der Waals surface area contributed by atoms with Crippen molar-refractivity contribution >= 4 is 22.7 Å². The third kappa shape index (κ3) is 5.29. The Morgan fingerprint density at radius 2 is 1.97 bits per heavy atom. The fraction of sp³-hybridized carbons (Fsp3) is 0.115. The number of nitrogens with zero attached hydrogens (tertiary/aromatic N) is 2. The molecular formula is C26H23N3O3. The molecule has 0 bridgehead atoms. The fourth-order valence-electron chi connectivity index (χ4n) is 3.08. The van der Waals surface area contributed by atoms with Crippen molar-refractivity contribution in [3.05, 3.63) is 103 Å². The molecule has 160 valence electrons. The van der Waals surface area contributed by atoms with Gasteiger partial charge in [-0.1, -0.05) is 43.0 Å². The molecule has 1 aromatic carbocycles. The van der Waals surface area contributed by atoms with Crippen LogP contribution in [0.25, 0.3) is 22.6 Å². The summed E-state index contributed by atoms with van der Waals surface area (Å²) in [7, 11) is 0. The number of amides is 1. The van der Waals surface area contributed by atoms with Crippen molar-refractivity contribution in [1.82, 2.24) is 9.97 Å². The number of aromatic nitrogens is 2. The summed E-state index contributed by atoms with van der Waals surface area (Å²) in [6.45, 7) is 5.65. The Balaban J connectivity index is 1.44.